The number of aromatic nitrogens is 3. The van der Waals surface area contributed by atoms with Gasteiger partial charge in [-0.1, -0.05) is 36.4 Å². The lowest BCUT2D eigenvalue weighted by Crippen LogP contribution is -2.26. The van der Waals surface area contributed by atoms with Gasteiger partial charge in [-0.15, -0.1) is 0 Å². The number of benzene rings is 1. The van der Waals surface area contributed by atoms with Crippen LogP contribution in [0.5, 0.6) is 0 Å². The zero-order chi connectivity index (χ0) is 17.6. The molecule has 0 spiro atoms. The van der Waals surface area contributed by atoms with Gasteiger partial charge in [-0.3, -0.25) is 4.90 Å². The fraction of sp³-hybridized carbons (Fsp3) is 0.286. The Morgan fingerprint density at radius 2 is 1.85 bits per heavy atom. The van der Waals surface area contributed by atoms with Gasteiger partial charge >= 0.3 is 0 Å². The van der Waals surface area contributed by atoms with Crippen molar-refractivity contribution in [1.82, 2.24) is 19.9 Å². The van der Waals surface area contributed by atoms with Gasteiger partial charge in [-0.05, 0) is 49.6 Å². The SMILES string of the molecule is c1ccc(CCN2CCCC2c2ccnc(Nc3ccccn3)n2)cc1. The fourth-order valence-electron chi connectivity index (χ4n) is 3.52. The first-order chi connectivity index (χ1) is 12.9. The van der Waals surface area contributed by atoms with E-state index in [0.29, 0.717) is 12.0 Å². The van der Waals surface area contributed by atoms with Crippen molar-refractivity contribution in [1.29, 1.82) is 0 Å². The van der Waals surface area contributed by atoms with Crippen molar-refractivity contribution in [2.45, 2.75) is 25.3 Å². The van der Waals surface area contributed by atoms with Gasteiger partial charge in [0.2, 0.25) is 5.95 Å². The van der Waals surface area contributed by atoms with E-state index in [1.807, 2.05) is 30.5 Å². The lowest BCUT2D eigenvalue weighted by molar-refractivity contribution is 0.256. The molecule has 1 fully saturated rings. The Hall–Kier alpha value is -2.79. The molecule has 1 aliphatic heterocycles. The molecule has 26 heavy (non-hydrogen) atoms. The first-order valence-electron chi connectivity index (χ1n) is 9.17. The zero-order valence-electron chi connectivity index (χ0n) is 14.8. The average Bonchev–Trinajstić information content (AvgIpc) is 3.17. The summed E-state index contributed by atoms with van der Waals surface area (Å²) in [4.78, 5) is 15.9. The number of pyridine rings is 1. The molecular weight excluding hydrogens is 322 g/mol. The fourth-order valence-corrected chi connectivity index (χ4v) is 3.52. The standard InChI is InChI=1S/C21H23N5/c1-2-7-17(8-3-1)12-16-26-15-6-9-19(26)18-11-14-23-21(24-18)25-20-10-4-5-13-22-20/h1-5,7-8,10-11,13-14,19H,6,9,12,15-16H2,(H,22,23,24,25). The molecule has 0 aliphatic carbocycles. The quantitative estimate of drug-likeness (QED) is 0.732. The predicted octanol–water partition coefficient (Wildman–Crippen LogP) is 3.99. The largest absolute Gasteiger partial charge is 0.309 e. The summed E-state index contributed by atoms with van der Waals surface area (Å²) in [6.45, 7) is 2.19. The minimum absolute atomic E-state index is 0.367. The van der Waals surface area contributed by atoms with Crippen molar-refractivity contribution in [2.75, 3.05) is 18.4 Å². The van der Waals surface area contributed by atoms with E-state index >= 15 is 0 Å². The summed E-state index contributed by atoms with van der Waals surface area (Å²) in [5, 5.41) is 3.19. The van der Waals surface area contributed by atoms with E-state index in [-0.39, 0.29) is 0 Å². The van der Waals surface area contributed by atoms with Crippen LogP contribution in [0.4, 0.5) is 11.8 Å². The molecule has 1 saturated heterocycles. The molecule has 1 aromatic carbocycles. The van der Waals surface area contributed by atoms with Gasteiger partial charge in [0, 0.05) is 18.9 Å². The first kappa shape index (κ1) is 16.7. The summed E-state index contributed by atoms with van der Waals surface area (Å²) in [7, 11) is 0. The first-order valence-corrected chi connectivity index (χ1v) is 9.17. The molecule has 2 aromatic heterocycles. The van der Waals surface area contributed by atoms with Gasteiger partial charge in [-0.2, -0.15) is 0 Å². The topological polar surface area (TPSA) is 53.9 Å². The Labute approximate surface area is 154 Å². The molecule has 3 aromatic rings. The predicted molar refractivity (Wildman–Crippen MR) is 103 cm³/mol. The number of likely N-dealkylation sites (tertiary alicyclic amines) is 1. The van der Waals surface area contributed by atoms with E-state index in [4.69, 9.17) is 4.98 Å². The van der Waals surface area contributed by atoms with Crippen LogP contribution in [0.1, 0.15) is 30.1 Å². The van der Waals surface area contributed by atoms with Crippen LogP contribution in [0.25, 0.3) is 0 Å². The molecule has 5 nitrogen and oxygen atoms in total. The third-order valence-electron chi connectivity index (χ3n) is 4.82. The van der Waals surface area contributed by atoms with Crippen LogP contribution in [0, 0.1) is 0 Å². The van der Waals surface area contributed by atoms with Crippen LogP contribution in [0.3, 0.4) is 0 Å². The minimum atomic E-state index is 0.367. The van der Waals surface area contributed by atoms with Gasteiger partial charge in [0.05, 0.1) is 11.7 Å². The van der Waals surface area contributed by atoms with Crippen molar-refractivity contribution in [3.8, 4) is 0 Å². The second-order valence-electron chi connectivity index (χ2n) is 6.57. The Kier molecular flexibility index (Phi) is 5.17. The molecule has 3 heterocycles. The van der Waals surface area contributed by atoms with Crippen LogP contribution < -0.4 is 5.32 Å². The van der Waals surface area contributed by atoms with E-state index < -0.39 is 0 Å². The van der Waals surface area contributed by atoms with Crippen LogP contribution in [-0.2, 0) is 6.42 Å². The van der Waals surface area contributed by atoms with E-state index in [9.17, 15) is 0 Å². The van der Waals surface area contributed by atoms with Crippen LogP contribution in [-0.4, -0.2) is 32.9 Å². The van der Waals surface area contributed by atoms with Crippen molar-refractivity contribution in [3.63, 3.8) is 0 Å². The molecular formula is C21H23N5. The number of nitrogens with one attached hydrogen (secondary N) is 1. The highest BCUT2D eigenvalue weighted by molar-refractivity contribution is 5.46. The number of hydrogen-bond donors (Lipinski definition) is 1. The minimum Gasteiger partial charge on any atom is -0.309 e. The molecule has 1 N–H and O–H groups in total. The smallest absolute Gasteiger partial charge is 0.228 e. The average molecular weight is 345 g/mol. The zero-order valence-corrected chi connectivity index (χ0v) is 14.8. The summed E-state index contributed by atoms with van der Waals surface area (Å²) in [5.41, 5.74) is 2.47. The van der Waals surface area contributed by atoms with E-state index in [0.717, 1.165) is 37.4 Å². The highest BCUT2D eigenvalue weighted by Gasteiger charge is 2.27. The molecule has 5 heteroatoms. The lowest BCUT2D eigenvalue weighted by atomic mass is 10.1. The van der Waals surface area contributed by atoms with Gasteiger partial charge in [0.1, 0.15) is 5.82 Å². The number of hydrogen-bond acceptors (Lipinski definition) is 5. The third-order valence-corrected chi connectivity index (χ3v) is 4.82. The Balaban J connectivity index is 1.44. The maximum Gasteiger partial charge on any atom is 0.228 e. The maximum atomic E-state index is 4.75. The van der Waals surface area contributed by atoms with Crippen LogP contribution in [0.2, 0.25) is 0 Å². The van der Waals surface area contributed by atoms with Crippen LogP contribution >= 0.6 is 0 Å². The van der Waals surface area contributed by atoms with Crippen molar-refractivity contribution in [3.05, 3.63) is 78.2 Å². The molecule has 0 radical (unpaired) electrons. The number of anilines is 2. The Morgan fingerprint density at radius 3 is 2.69 bits per heavy atom. The summed E-state index contributed by atoms with van der Waals surface area (Å²) in [6.07, 6.45) is 7.03. The van der Waals surface area contributed by atoms with Gasteiger partial charge in [0.25, 0.3) is 0 Å². The molecule has 1 atom stereocenters. The molecule has 4 rings (SSSR count). The second kappa shape index (κ2) is 8.06. The molecule has 1 unspecified atom stereocenters. The van der Waals surface area contributed by atoms with E-state index in [1.54, 1.807) is 6.20 Å². The summed E-state index contributed by atoms with van der Waals surface area (Å²) in [6, 6.07) is 18.8. The molecule has 1 aliphatic rings. The Morgan fingerprint density at radius 1 is 0.962 bits per heavy atom. The number of rotatable bonds is 6. The van der Waals surface area contributed by atoms with Crippen molar-refractivity contribution < 1.29 is 0 Å². The summed E-state index contributed by atoms with van der Waals surface area (Å²) in [5.74, 6) is 1.37. The normalized spacial score (nSPS) is 17.3. The second-order valence-corrected chi connectivity index (χ2v) is 6.57. The van der Waals surface area contributed by atoms with E-state index in [1.165, 1.54) is 12.0 Å². The number of nitrogens with zero attached hydrogens (tertiary/aromatic N) is 4. The van der Waals surface area contributed by atoms with Gasteiger partial charge in [-0.25, -0.2) is 15.0 Å². The van der Waals surface area contributed by atoms with E-state index in [2.05, 4.69) is 50.5 Å². The van der Waals surface area contributed by atoms with Crippen molar-refractivity contribution in [2.24, 2.45) is 0 Å². The van der Waals surface area contributed by atoms with Gasteiger partial charge in [0.15, 0.2) is 0 Å². The summed E-state index contributed by atoms with van der Waals surface area (Å²) >= 11 is 0. The summed E-state index contributed by atoms with van der Waals surface area (Å²) < 4.78 is 0. The lowest BCUT2D eigenvalue weighted by Gasteiger charge is -2.24. The maximum absolute atomic E-state index is 4.75. The Bertz CT molecular complexity index is 822. The van der Waals surface area contributed by atoms with Crippen LogP contribution in [0.15, 0.2) is 67.0 Å². The molecule has 0 saturated carbocycles. The molecule has 132 valence electrons. The third kappa shape index (κ3) is 4.06. The molecule has 0 amide bonds. The van der Waals surface area contributed by atoms with Gasteiger partial charge < -0.3 is 5.32 Å². The van der Waals surface area contributed by atoms with Crippen molar-refractivity contribution >= 4 is 11.8 Å². The highest BCUT2D eigenvalue weighted by Crippen LogP contribution is 2.31. The highest BCUT2D eigenvalue weighted by atomic mass is 15.2. The molecule has 0 bridgehead atoms. The monoisotopic (exact) mass is 345 g/mol.